The molecule has 0 atom stereocenters. The fraction of sp³-hybridized carbons (Fsp3) is 0.318. The maximum Gasteiger partial charge on any atom is 0.416 e. The van der Waals surface area contributed by atoms with E-state index in [1.54, 1.807) is 26.4 Å². The number of hydrogen-bond acceptors (Lipinski definition) is 7. The first-order valence-corrected chi connectivity index (χ1v) is 13.0. The highest BCUT2D eigenvalue weighted by Crippen LogP contribution is 2.37. The van der Waals surface area contributed by atoms with Gasteiger partial charge in [0, 0.05) is 43.2 Å². The van der Waals surface area contributed by atoms with Gasteiger partial charge in [-0.05, 0) is 30.3 Å². The highest BCUT2D eigenvalue weighted by atomic mass is 35.5. The zero-order chi connectivity index (χ0) is 25.4. The molecular weight excluding hydrogens is 527 g/mol. The van der Waals surface area contributed by atoms with Crippen LogP contribution in [0.5, 0.6) is 11.5 Å². The van der Waals surface area contributed by atoms with Crippen LogP contribution in [0.15, 0.2) is 46.7 Å². The molecule has 0 N–H and O–H groups in total. The lowest BCUT2D eigenvalue weighted by molar-refractivity contribution is -0.137. The second-order valence-corrected chi connectivity index (χ2v) is 10.8. The number of hydrogen-bond donors (Lipinski definition) is 0. The summed E-state index contributed by atoms with van der Waals surface area (Å²) in [5.74, 6) is 1.26. The van der Waals surface area contributed by atoms with Crippen LogP contribution in [0.25, 0.3) is 11.3 Å². The topological polar surface area (TPSA) is 72.0 Å². The molecule has 13 heteroatoms. The monoisotopic (exact) mass is 547 g/mol. The summed E-state index contributed by atoms with van der Waals surface area (Å²) in [6, 6.07) is 7.71. The van der Waals surface area contributed by atoms with Crippen molar-refractivity contribution in [3.8, 4) is 22.8 Å². The number of sulfonamides is 1. The van der Waals surface area contributed by atoms with Crippen LogP contribution in [0, 0.1) is 0 Å². The van der Waals surface area contributed by atoms with Crippen molar-refractivity contribution in [1.29, 1.82) is 0 Å². The molecular formula is C22H21ClF3N3O4S2. The normalized spacial score (nSPS) is 15.3. The molecule has 35 heavy (non-hydrogen) atoms. The number of ether oxygens (including phenoxy) is 2. The van der Waals surface area contributed by atoms with E-state index in [4.69, 9.17) is 21.1 Å². The van der Waals surface area contributed by atoms with Gasteiger partial charge in [-0.2, -0.15) is 17.5 Å². The van der Waals surface area contributed by atoms with Gasteiger partial charge in [-0.1, -0.05) is 11.6 Å². The first-order valence-electron chi connectivity index (χ1n) is 10.3. The van der Waals surface area contributed by atoms with E-state index in [1.165, 1.54) is 11.3 Å². The zero-order valence-electron chi connectivity index (χ0n) is 18.7. The van der Waals surface area contributed by atoms with Gasteiger partial charge in [-0.3, -0.25) is 0 Å². The van der Waals surface area contributed by atoms with Crippen molar-refractivity contribution >= 4 is 38.1 Å². The smallest absolute Gasteiger partial charge is 0.416 e. The summed E-state index contributed by atoms with van der Waals surface area (Å²) >= 11 is 7.38. The summed E-state index contributed by atoms with van der Waals surface area (Å²) in [6.45, 7) is 0.802. The van der Waals surface area contributed by atoms with Crippen LogP contribution in [0.1, 0.15) is 5.56 Å². The lowest BCUT2D eigenvalue weighted by Gasteiger charge is -2.34. The van der Waals surface area contributed by atoms with Crippen LogP contribution in [0.4, 0.5) is 18.3 Å². The first kappa shape index (κ1) is 25.5. The van der Waals surface area contributed by atoms with Gasteiger partial charge in [0.25, 0.3) is 0 Å². The quantitative estimate of drug-likeness (QED) is 0.432. The van der Waals surface area contributed by atoms with Crippen LogP contribution in [0.3, 0.4) is 0 Å². The number of rotatable bonds is 6. The van der Waals surface area contributed by atoms with Gasteiger partial charge in [-0.25, -0.2) is 13.4 Å². The third-order valence-electron chi connectivity index (χ3n) is 5.56. The first-order chi connectivity index (χ1) is 16.5. The molecule has 0 radical (unpaired) electrons. The number of benzene rings is 2. The minimum absolute atomic E-state index is 0.0790. The number of alkyl halides is 3. The molecule has 0 aliphatic carbocycles. The van der Waals surface area contributed by atoms with E-state index < -0.39 is 26.7 Å². The summed E-state index contributed by atoms with van der Waals surface area (Å²) in [7, 11) is -1.08. The number of piperazine rings is 1. The lowest BCUT2D eigenvalue weighted by atomic mass is 10.1. The van der Waals surface area contributed by atoms with Crippen molar-refractivity contribution in [2.24, 2.45) is 0 Å². The minimum Gasteiger partial charge on any atom is -0.497 e. The summed E-state index contributed by atoms with van der Waals surface area (Å²) in [5.41, 5.74) is 0.426. The van der Waals surface area contributed by atoms with Crippen molar-refractivity contribution < 1.29 is 31.1 Å². The summed E-state index contributed by atoms with van der Waals surface area (Å²) < 4.78 is 77.2. The molecule has 0 spiro atoms. The van der Waals surface area contributed by atoms with E-state index >= 15 is 0 Å². The molecule has 1 aliphatic rings. The Morgan fingerprint density at radius 2 is 1.74 bits per heavy atom. The van der Waals surface area contributed by atoms with E-state index in [1.807, 2.05) is 16.3 Å². The van der Waals surface area contributed by atoms with Gasteiger partial charge in [-0.15, -0.1) is 11.3 Å². The van der Waals surface area contributed by atoms with Gasteiger partial charge >= 0.3 is 6.18 Å². The molecule has 188 valence electrons. The number of halogens is 4. The van der Waals surface area contributed by atoms with E-state index in [0.717, 1.165) is 22.0 Å². The second kappa shape index (κ2) is 9.84. The van der Waals surface area contributed by atoms with Crippen LogP contribution in [-0.4, -0.2) is 58.1 Å². The van der Waals surface area contributed by atoms with Gasteiger partial charge in [0.15, 0.2) is 5.13 Å². The number of methoxy groups -OCH3 is 2. The molecule has 0 saturated carbocycles. The maximum absolute atomic E-state index is 13.1. The predicted octanol–water partition coefficient (Wildman–Crippen LogP) is 5.01. The van der Waals surface area contributed by atoms with Crippen molar-refractivity contribution in [2.45, 2.75) is 11.1 Å². The minimum atomic E-state index is -4.68. The number of aromatic nitrogens is 1. The number of anilines is 1. The van der Waals surface area contributed by atoms with Crippen LogP contribution < -0.4 is 14.4 Å². The van der Waals surface area contributed by atoms with Crippen molar-refractivity contribution in [2.75, 3.05) is 45.3 Å². The van der Waals surface area contributed by atoms with Gasteiger partial charge in [0.2, 0.25) is 10.0 Å². The Kier molecular flexibility index (Phi) is 7.18. The average molecular weight is 548 g/mol. The highest BCUT2D eigenvalue weighted by Gasteiger charge is 2.35. The Hall–Kier alpha value is -2.54. The molecule has 7 nitrogen and oxygen atoms in total. The fourth-order valence-electron chi connectivity index (χ4n) is 3.68. The number of thiazole rings is 1. The highest BCUT2D eigenvalue weighted by molar-refractivity contribution is 7.89. The summed E-state index contributed by atoms with van der Waals surface area (Å²) in [5, 5.41) is 2.33. The SMILES string of the molecule is COc1ccc(-c2csc(N3CCN(S(=O)(=O)c4cc(C(F)(F)F)ccc4Cl)CC3)n2)c(OC)c1. The Bertz CT molecular complexity index is 1320. The Labute approximate surface area is 209 Å². The predicted molar refractivity (Wildman–Crippen MR) is 128 cm³/mol. The van der Waals surface area contributed by atoms with Crippen molar-refractivity contribution in [1.82, 2.24) is 9.29 Å². The van der Waals surface area contributed by atoms with Gasteiger partial charge < -0.3 is 14.4 Å². The van der Waals surface area contributed by atoms with E-state index in [0.29, 0.717) is 41.5 Å². The largest absolute Gasteiger partial charge is 0.497 e. The van der Waals surface area contributed by atoms with Gasteiger partial charge in [0.05, 0.1) is 30.5 Å². The van der Waals surface area contributed by atoms with Crippen molar-refractivity contribution in [3.05, 3.63) is 52.4 Å². The molecule has 0 unspecified atom stereocenters. The van der Waals surface area contributed by atoms with Gasteiger partial charge in [0.1, 0.15) is 16.4 Å². The van der Waals surface area contributed by atoms with Crippen LogP contribution in [0.2, 0.25) is 5.02 Å². The molecule has 1 aromatic heterocycles. The fourth-order valence-corrected chi connectivity index (χ4v) is 6.48. The Morgan fingerprint density at radius 1 is 1.03 bits per heavy atom. The summed E-state index contributed by atoms with van der Waals surface area (Å²) in [6.07, 6.45) is -4.68. The lowest BCUT2D eigenvalue weighted by Crippen LogP contribution is -2.48. The molecule has 1 fully saturated rings. The third-order valence-corrected chi connectivity index (χ3v) is 8.84. The van der Waals surface area contributed by atoms with Crippen molar-refractivity contribution in [3.63, 3.8) is 0 Å². The maximum atomic E-state index is 13.1. The van der Waals surface area contributed by atoms with Crippen LogP contribution in [-0.2, 0) is 16.2 Å². The van der Waals surface area contributed by atoms with Crippen LogP contribution >= 0.6 is 22.9 Å². The molecule has 0 amide bonds. The molecule has 4 rings (SSSR count). The molecule has 1 aliphatic heterocycles. The third kappa shape index (κ3) is 5.20. The molecule has 2 heterocycles. The Balaban J connectivity index is 1.50. The Morgan fingerprint density at radius 3 is 2.37 bits per heavy atom. The van der Waals surface area contributed by atoms with E-state index in [9.17, 15) is 21.6 Å². The standard InChI is InChI=1S/C22H21ClF3N3O4S2/c1-32-15-4-5-16(19(12-15)33-2)18-13-34-21(27-18)28-7-9-29(10-8-28)35(30,31)20-11-14(22(24,25)26)3-6-17(20)23/h3-6,11-13H,7-10H2,1-2H3. The molecule has 0 bridgehead atoms. The van der Waals surface area contributed by atoms with E-state index in [-0.39, 0.29) is 18.1 Å². The van der Waals surface area contributed by atoms with E-state index in [2.05, 4.69) is 4.98 Å². The summed E-state index contributed by atoms with van der Waals surface area (Å²) in [4.78, 5) is 6.06. The number of nitrogens with zero attached hydrogens (tertiary/aromatic N) is 3. The second-order valence-electron chi connectivity index (χ2n) is 7.62. The average Bonchev–Trinajstić information content (AvgIpc) is 3.33. The zero-order valence-corrected chi connectivity index (χ0v) is 21.1. The molecule has 2 aromatic carbocycles. The molecule has 1 saturated heterocycles. The molecule has 3 aromatic rings.